The van der Waals surface area contributed by atoms with Gasteiger partial charge in [-0.25, -0.2) is 0 Å². The summed E-state index contributed by atoms with van der Waals surface area (Å²) in [5, 5.41) is 11.7. The van der Waals surface area contributed by atoms with Gasteiger partial charge >= 0.3 is 0 Å². The molecule has 2 atom stereocenters. The lowest BCUT2D eigenvalue weighted by atomic mass is 9.85. The van der Waals surface area contributed by atoms with Crippen molar-refractivity contribution in [3.63, 3.8) is 0 Å². The zero-order valence-corrected chi connectivity index (χ0v) is 11.3. The van der Waals surface area contributed by atoms with Crippen molar-refractivity contribution in [3.05, 3.63) is 33.8 Å². The summed E-state index contributed by atoms with van der Waals surface area (Å²) in [5.74, 6) is 0. The van der Waals surface area contributed by atoms with Crippen LogP contribution in [-0.2, 0) is 11.2 Å². The minimum Gasteiger partial charge on any atom is -0.389 e. The average Bonchev–Trinajstić information content (AvgIpc) is 2.22. The second-order valence-electron chi connectivity index (χ2n) is 4.77. The van der Waals surface area contributed by atoms with Crippen molar-refractivity contribution in [1.29, 1.82) is 0 Å². The summed E-state index contributed by atoms with van der Waals surface area (Å²) < 4.78 is 5.45. The fourth-order valence-corrected chi connectivity index (χ4v) is 2.80. The molecule has 0 aromatic heterocycles. The molecule has 94 valence electrons. The molecule has 1 N–H and O–H groups in total. The summed E-state index contributed by atoms with van der Waals surface area (Å²) in [6, 6.07) is 5.39. The van der Waals surface area contributed by atoms with Gasteiger partial charge in [0.1, 0.15) is 0 Å². The van der Waals surface area contributed by atoms with Crippen LogP contribution in [0.25, 0.3) is 0 Å². The molecule has 1 aliphatic heterocycles. The Morgan fingerprint density at radius 2 is 2.24 bits per heavy atom. The fourth-order valence-electron chi connectivity index (χ4n) is 2.33. The first kappa shape index (κ1) is 13.2. The summed E-state index contributed by atoms with van der Waals surface area (Å²) in [5.41, 5.74) is 0.224. The van der Waals surface area contributed by atoms with Crippen LogP contribution in [0, 0.1) is 0 Å². The van der Waals surface area contributed by atoms with E-state index in [2.05, 4.69) is 0 Å². The van der Waals surface area contributed by atoms with Crippen molar-refractivity contribution in [2.45, 2.75) is 37.9 Å². The van der Waals surface area contributed by atoms with Crippen LogP contribution in [0.4, 0.5) is 0 Å². The molecular formula is C13H16Cl2O2. The first-order valence-electron chi connectivity index (χ1n) is 5.76. The Morgan fingerprint density at radius 3 is 2.88 bits per heavy atom. The predicted molar refractivity (Wildman–Crippen MR) is 69.8 cm³/mol. The average molecular weight is 275 g/mol. The van der Waals surface area contributed by atoms with E-state index in [4.69, 9.17) is 27.9 Å². The molecule has 0 amide bonds. The molecule has 0 aliphatic carbocycles. The van der Waals surface area contributed by atoms with Gasteiger partial charge in [0.25, 0.3) is 0 Å². The molecule has 2 rings (SSSR count). The van der Waals surface area contributed by atoms with E-state index in [0.29, 0.717) is 35.9 Å². The van der Waals surface area contributed by atoms with Crippen molar-refractivity contribution < 1.29 is 9.84 Å². The molecule has 1 aromatic carbocycles. The molecule has 1 saturated heterocycles. The summed E-state index contributed by atoms with van der Waals surface area (Å²) in [4.78, 5) is 0. The lowest BCUT2D eigenvalue weighted by Crippen LogP contribution is -2.41. The molecule has 2 nitrogen and oxygen atoms in total. The molecule has 2 unspecified atom stereocenters. The van der Waals surface area contributed by atoms with Gasteiger partial charge in [0.05, 0.1) is 11.7 Å². The zero-order chi connectivity index (χ0) is 12.5. The van der Waals surface area contributed by atoms with E-state index in [1.54, 1.807) is 12.1 Å². The Morgan fingerprint density at radius 1 is 1.47 bits per heavy atom. The van der Waals surface area contributed by atoms with Gasteiger partial charge in [0.15, 0.2) is 0 Å². The van der Waals surface area contributed by atoms with Crippen LogP contribution < -0.4 is 0 Å². The molecule has 0 radical (unpaired) electrons. The lowest BCUT2D eigenvalue weighted by Gasteiger charge is -2.36. The zero-order valence-electron chi connectivity index (χ0n) is 9.75. The van der Waals surface area contributed by atoms with Gasteiger partial charge in [-0.1, -0.05) is 29.3 Å². The quantitative estimate of drug-likeness (QED) is 0.895. The summed E-state index contributed by atoms with van der Waals surface area (Å²) in [6.07, 6.45) is 1.94. The molecule has 4 heteroatoms. The molecule has 1 aromatic rings. The Balaban J connectivity index is 2.14. The van der Waals surface area contributed by atoms with Crippen molar-refractivity contribution in [2.24, 2.45) is 0 Å². The van der Waals surface area contributed by atoms with Gasteiger partial charge in [-0.2, -0.15) is 0 Å². The van der Waals surface area contributed by atoms with Crippen molar-refractivity contribution in [2.75, 3.05) is 6.61 Å². The van der Waals surface area contributed by atoms with Crippen molar-refractivity contribution >= 4 is 23.2 Å². The number of hydrogen-bond donors (Lipinski definition) is 1. The van der Waals surface area contributed by atoms with E-state index in [9.17, 15) is 5.11 Å². The molecule has 1 aliphatic rings. The maximum atomic E-state index is 10.5. The van der Waals surface area contributed by atoms with E-state index >= 15 is 0 Å². The second kappa shape index (κ2) is 5.15. The number of rotatable bonds is 2. The minimum absolute atomic E-state index is 0.0971. The highest BCUT2D eigenvalue weighted by atomic mass is 35.5. The number of hydrogen-bond acceptors (Lipinski definition) is 2. The molecule has 0 spiro atoms. The van der Waals surface area contributed by atoms with Gasteiger partial charge in [0.2, 0.25) is 0 Å². The monoisotopic (exact) mass is 274 g/mol. The van der Waals surface area contributed by atoms with Crippen LogP contribution >= 0.6 is 23.2 Å². The van der Waals surface area contributed by atoms with Crippen LogP contribution in [0.1, 0.15) is 25.3 Å². The van der Waals surface area contributed by atoms with Crippen molar-refractivity contribution in [1.82, 2.24) is 0 Å². The summed E-state index contributed by atoms with van der Waals surface area (Å²) in [7, 11) is 0. The molecule has 0 saturated carbocycles. The Labute approximate surface area is 111 Å². The molecule has 1 fully saturated rings. The predicted octanol–water partition coefficient (Wildman–Crippen LogP) is 3.47. The summed E-state index contributed by atoms with van der Waals surface area (Å²) >= 11 is 12.0. The third-order valence-electron chi connectivity index (χ3n) is 3.17. The Kier molecular flexibility index (Phi) is 3.99. The largest absolute Gasteiger partial charge is 0.389 e. The first-order chi connectivity index (χ1) is 7.98. The number of benzene rings is 1. The minimum atomic E-state index is -0.713. The molecule has 17 heavy (non-hydrogen) atoms. The SMILES string of the molecule is CC1CC(O)(Cc2ccc(Cl)cc2Cl)CCO1. The Hall–Kier alpha value is -0.280. The van der Waals surface area contributed by atoms with Crippen LogP contribution in [0.5, 0.6) is 0 Å². The Bertz CT molecular complexity index is 408. The van der Waals surface area contributed by atoms with E-state index in [-0.39, 0.29) is 6.10 Å². The highest BCUT2D eigenvalue weighted by Gasteiger charge is 2.33. The smallest absolute Gasteiger partial charge is 0.0734 e. The first-order valence-corrected chi connectivity index (χ1v) is 6.52. The maximum Gasteiger partial charge on any atom is 0.0734 e. The van der Waals surface area contributed by atoms with Gasteiger partial charge in [-0.15, -0.1) is 0 Å². The van der Waals surface area contributed by atoms with E-state index < -0.39 is 5.60 Å². The second-order valence-corrected chi connectivity index (χ2v) is 5.62. The van der Waals surface area contributed by atoms with E-state index in [1.807, 2.05) is 13.0 Å². The van der Waals surface area contributed by atoms with E-state index in [0.717, 1.165) is 5.56 Å². The molecule has 0 bridgehead atoms. The van der Waals surface area contributed by atoms with Crippen LogP contribution in [0.3, 0.4) is 0 Å². The number of halogens is 2. The van der Waals surface area contributed by atoms with Crippen LogP contribution in [0.2, 0.25) is 10.0 Å². The van der Waals surface area contributed by atoms with Gasteiger partial charge in [-0.05, 0) is 31.0 Å². The van der Waals surface area contributed by atoms with Crippen molar-refractivity contribution in [3.8, 4) is 0 Å². The van der Waals surface area contributed by atoms with Gasteiger partial charge < -0.3 is 9.84 Å². The third kappa shape index (κ3) is 3.35. The number of aliphatic hydroxyl groups is 1. The third-order valence-corrected chi connectivity index (χ3v) is 3.76. The maximum absolute atomic E-state index is 10.5. The normalized spacial score (nSPS) is 29.3. The number of ether oxygens (including phenoxy) is 1. The lowest BCUT2D eigenvalue weighted by molar-refractivity contribution is -0.0961. The standard InChI is InChI=1S/C13H16Cl2O2/c1-9-7-13(16,4-5-17-9)8-10-2-3-11(14)6-12(10)15/h2-3,6,9,16H,4-5,7-8H2,1H3. The van der Waals surface area contributed by atoms with Gasteiger partial charge in [-0.3, -0.25) is 0 Å². The highest BCUT2D eigenvalue weighted by molar-refractivity contribution is 6.35. The summed E-state index contributed by atoms with van der Waals surface area (Å²) in [6.45, 7) is 2.58. The molecular weight excluding hydrogens is 259 g/mol. The van der Waals surface area contributed by atoms with E-state index in [1.165, 1.54) is 0 Å². The molecule has 1 heterocycles. The van der Waals surface area contributed by atoms with Crippen LogP contribution in [0.15, 0.2) is 18.2 Å². The van der Waals surface area contributed by atoms with Gasteiger partial charge in [0, 0.05) is 29.5 Å². The topological polar surface area (TPSA) is 29.5 Å². The van der Waals surface area contributed by atoms with Crippen LogP contribution in [-0.4, -0.2) is 23.4 Å². The highest BCUT2D eigenvalue weighted by Crippen LogP contribution is 2.31. The fraction of sp³-hybridized carbons (Fsp3) is 0.538.